The highest BCUT2D eigenvalue weighted by atomic mass is 79.9. The molecule has 0 spiro atoms. The molecule has 1 aromatic rings. The van der Waals surface area contributed by atoms with Crippen molar-refractivity contribution in [2.24, 2.45) is 11.7 Å². The molecule has 0 saturated carbocycles. The minimum atomic E-state index is -1.26. The van der Waals surface area contributed by atoms with Gasteiger partial charge in [-0.05, 0) is 34.3 Å². The van der Waals surface area contributed by atoms with E-state index in [1.807, 2.05) is 13.8 Å². The Morgan fingerprint density at radius 3 is 2.35 bits per heavy atom. The largest absolute Gasteiger partial charge is 0.505 e. The van der Waals surface area contributed by atoms with Crippen LogP contribution in [0.1, 0.15) is 31.9 Å². The Labute approximate surface area is 114 Å². The van der Waals surface area contributed by atoms with Gasteiger partial charge in [0.15, 0.2) is 11.6 Å². The second-order valence-corrected chi connectivity index (χ2v) is 5.01. The van der Waals surface area contributed by atoms with Crippen LogP contribution in [0.4, 0.5) is 8.78 Å². The van der Waals surface area contributed by atoms with Gasteiger partial charge >= 0.3 is 0 Å². The minimum Gasteiger partial charge on any atom is -0.505 e. The first-order valence-corrected chi connectivity index (χ1v) is 5.75. The van der Waals surface area contributed by atoms with Gasteiger partial charge in [0, 0.05) is 11.6 Å². The number of halogens is 4. The van der Waals surface area contributed by atoms with Crippen LogP contribution in [0.15, 0.2) is 10.5 Å². The van der Waals surface area contributed by atoms with Crippen LogP contribution in [0.3, 0.4) is 0 Å². The molecule has 3 N–H and O–H groups in total. The quantitative estimate of drug-likeness (QED) is 0.826. The monoisotopic (exact) mass is 329 g/mol. The van der Waals surface area contributed by atoms with E-state index in [0.717, 1.165) is 0 Å². The molecule has 17 heavy (non-hydrogen) atoms. The van der Waals surface area contributed by atoms with E-state index < -0.39 is 23.4 Å². The Morgan fingerprint density at radius 2 is 1.88 bits per heavy atom. The predicted molar refractivity (Wildman–Crippen MR) is 69.4 cm³/mol. The van der Waals surface area contributed by atoms with Crippen LogP contribution in [0.2, 0.25) is 0 Å². The summed E-state index contributed by atoms with van der Waals surface area (Å²) >= 11 is 2.88. The van der Waals surface area contributed by atoms with Crippen molar-refractivity contribution in [2.75, 3.05) is 0 Å². The van der Waals surface area contributed by atoms with E-state index in [2.05, 4.69) is 15.9 Å². The molecule has 0 aliphatic carbocycles. The van der Waals surface area contributed by atoms with E-state index in [1.165, 1.54) is 6.07 Å². The van der Waals surface area contributed by atoms with Crippen LogP contribution in [-0.2, 0) is 0 Å². The molecule has 6 heteroatoms. The van der Waals surface area contributed by atoms with Gasteiger partial charge in [0.25, 0.3) is 0 Å². The first-order valence-electron chi connectivity index (χ1n) is 4.96. The fourth-order valence-corrected chi connectivity index (χ4v) is 1.94. The second kappa shape index (κ2) is 6.52. The highest BCUT2D eigenvalue weighted by Gasteiger charge is 2.21. The number of rotatable bonds is 3. The average molecular weight is 331 g/mol. The minimum absolute atomic E-state index is 0. The van der Waals surface area contributed by atoms with Gasteiger partial charge < -0.3 is 10.8 Å². The third-order valence-corrected chi connectivity index (χ3v) is 2.87. The van der Waals surface area contributed by atoms with Crippen LogP contribution < -0.4 is 5.73 Å². The van der Waals surface area contributed by atoms with Crippen LogP contribution in [0, 0.1) is 17.6 Å². The zero-order valence-corrected chi connectivity index (χ0v) is 11.9. The Morgan fingerprint density at radius 1 is 1.35 bits per heavy atom. The summed E-state index contributed by atoms with van der Waals surface area (Å²) in [5, 5.41) is 9.47. The van der Waals surface area contributed by atoms with Crippen molar-refractivity contribution in [3.05, 3.63) is 27.7 Å². The molecule has 0 aromatic heterocycles. The second-order valence-electron chi connectivity index (χ2n) is 4.16. The zero-order chi connectivity index (χ0) is 12.5. The van der Waals surface area contributed by atoms with E-state index in [4.69, 9.17) is 5.73 Å². The van der Waals surface area contributed by atoms with Gasteiger partial charge in [-0.15, -0.1) is 12.4 Å². The fraction of sp³-hybridized carbons (Fsp3) is 0.455. The van der Waals surface area contributed by atoms with Gasteiger partial charge in [-0.1, -0.05) is 13.8 Å². The van der Waals surface area contributed by atoms with Crippen molar-refractivity contribution in [1.82, 2.24) is 0 Å². The maximum absolute atomic E-state index is 13.2. The summed E-state index contributed by atoms with van der Waals surface area (Å²) < 4.78 is 26.3. The Bertz CT molecular complexity index is 402. The van der Waals surface area contributed by atoms with Crippen molar-refractivity contribution in [3.8, 4) is 5.75 Å². The van der Waals surface area contributed by atoms with Crippen molar-refractivity contribution in [1.29, 1.82) is 0 Å². The lowest BCUT2D eigenvalue weighted by Crippen LogP contribution is -2.14. The maximum Gasteiger partial charge on any atom is 0.201 e. The van der Waals surface area contributed by atoms with Gasteiger partial charge in [0.1, 0.15) is 0 Å². The topological polar surface area (TPSA) is 46.2 Å². The van der Waals surface area contributed by atoms with Gasteiger partial charge in [-0.25, -0.2) is 4.39 Å². The number of hydrogen-bond acceptors (Lipinski definition) is 2. The summed E-state index contributed by atoms with van der Waals surface area (Å²) in [6, 6.07) is 0.812. The molecule has 0 fully saturated rings. The third kappa shape index (κ3) is 3.79. The molecule has 1 atom stereocenters. The normalized spacial score (nSPS) is 12.4. The van der Waals surface area contributed by atoms with E-state index in [0.29, 0.717) is 12.3 Å². The predicted octanol–water partition coefficient (Wildman–Crippen LogP) is 3.90. The molecule has 1 rings (SSSR count). The molecule has 0 aliphatic heterocycles. The molecular formula is C11H15BrClF2NO. The number of nitrogens with two attached hydrogens (primary N) is 1. The molecule has 98 valence electrons. The fourth-order valence-electron chi connectivity index (χ4n) is 1.52. The lowest BCUT2D eigenvalue weighted by atomic mass is 9.97. The van der Waals surface area contributed by atoms with Crippen molar-refractivity contribution in [3.63, 3.8) is 0 Å². The van der Waals surface area contributed by atoms with Crippen molar-refractivity contribution < 1.29 is 13.9 Å². The molecule has 0 heterocycles. The van der Waals surface area contributed by atoms with Gasteiger partial charge in [0.05, 0.1) is 4.47 Å². The van der Waals surface area contributed by atoms with Crippen LogP contribution in [0.5, 0.6) is 5.75 Å². The van der Waals surface area contributed by atoms with Crippen LogP contribution >= 0.6 is 28.3 Å². The molecule has 0 amide bonds. The Kier molecular flexibility index (Phi) is 6.37. The summed E-state index contributed by atoms with van der Waals surface area (Å²) in [4.78, 5) is 0. The van der Waals surface area contributed by atoms with Crippen LogP contribution in [0.25, 0.3) is 0 Å². The molecule has 2 nitrogen and oxygen atoms in total. The van der Waals surface area contributed by atoms with Crippen LogP contribution in [-0.4, -0.2) is 5.11 Å². The Balaban J connectivity index is 0.00000256. The first kappa shape index (κ1) is 16.6. The molecular weight excluding hydrogens is 315 g/mol. The molecule has 0 bridgehead atoms. The van der Waals surface area contributed by atoms with Gasteiger partial charge in [-0.3, -0.25) is 0 Å². The smallest absolute Gasteiger partial charge is 0.201 e. The lowest BCUT2D eigenvalue weighted by molar-refractivity contribution is 0.389. The van der Waals surface area contributed by atoms with E-state index in [9.17, 15) is 13.9 Å². The summed E-state index contributed by atoms with van der Waals surface area (Å²) in [5.41, 5.74) is 6.04. The number of aromatic hydroxyl groups is 1. The summed E-state index contributed by atoms with van der Waals surface area (Å²) in [6.07, 6.45) is 0.588. The van der Waals surface area contributed by atoms with Crippen molar-refractivity contribution >= 4 is 28.3 Å². The maximum atomic E-state index is 13.2. The first-order chi connectivity index (χ1) is 7.34. The standard InChI is InChI=1S/C11H14BrF2NO.ClH/c1-5(2)3-8(15)6-4-7(12)9(13)10(14)11(6)16;/h4-5,8,16H,3,15H2,1-2H3;1H/t8-;/m1./s1. The molecule has 1 aromatic carbocycles. The van der Waals surface area contributed by atoms with Gasteiger partial charge in [-0.2, -0.15) is 4.39 Å². The SMILES string of the molecule is CC(C)C[C@@H](N)c1cc(Br)c(F)c(F)c1O.Cl. The van der Waals surface area contributed by atoms with E-state index >= 15 is 0 Å². The molecule has 0 radical (unpaired) electrons. The average Bonchev–Trinajstić information content (AvgIpc) is 2.19. The Hall–Kier alpha value is -0.390. The van der Waals surface area contributed by atoms with E-state index in [-0.39, 0.29) is 22.4 Å². The summed E-state index contributed by atoms with van der Waals surface area (Å²) in [5.74, 6) is -2.75. The van der Waals surface area contributed by atoms with Gasteiger partial charge in [0.2, 0.25) is 5.82 Å². The van der Waals surface area contributed by atoms with E-state index in [1.54, 1.807) is 0 Å². The molecule has 0 saturated heterocycles. The highest BCUT2D eigenvalue weighted by Crippen LogP contribution is 2.34. The molecule has 0 aliphatic rings. The number of benzene rings is 1. The third-order valence-electron chi connectivity index (χ3n) is 2.29. The lowest BCUT2D eigenvalue weighted by Gasteiger charge is -2.16. The summed E-state index contributed by atoms with van der Waals surface area (Å²) in [6.45, 7) is 3.93. The number of hydrogen-bond donors (Lipinski definition) is 2. The zero-order valence-electron chi connectivity index (χ0n) is 9.51. The highest BCUT2D eigenvalue weighted by molar-refractivity contribution is 9.10. The number of phenols is 1. The van der Waals surface area contributed by atoms with Crippen molar-refractivity contribution in [2.45, 2.75) is 26.3 Å². The molecule has 0 unspecified atom stereocenters. The number of phenolic OH excluding ortho intramolecular Hbond substituents is 1. The summed E-state index contributed by atoms with van der Waals surface area (Å²) in [7, 11) is 0.